The fourth-order valence-electron chi connectivity index (χ4n) is 12.2. The van der Waals surface area contributed by atoms with Gasteiger partial charge in [-0.2, -0.15) is 0 Å². The molecule has 328 valence electrons. The average Bonchev–Trinajstić information content (AvgIpc) is 3.77. The van der Waals surface area contributed by atoms with Crippen LogP contribution in [0.1, 0.15) is 128 Å². The first-order valence-corrected chi connectivity index (χ1v) is 24.1. The van der Waals surface area contributed by atoms with E-state index in [-0.39, 0.29) is 27.1 Å². The van der Waals surface area contributed by atoms with Gasteiger partial charge in [-0.15, -0.1) is 0 Å². The van der Waals surface area contributed by atoms with Crippen LogP contribution in [0.5, 0.6) is 0 Å². The summed E-state index contributed by atoms with van der Waals surface area (Å²) >= 11 is 0. The van der Waals surface area contributed by atoms with Crippen molar-refractivity contribution in [3.8, 4) is 55.6 Å². The van der Waals surface area contributed by atoms with Gasteiger partial charge in [-0.05, 0) is 160 Å². The third-order valence-corrected chi connectivity index (χ3v) is 15.7. The van der Waals surface area contributed by atoms with Crippen molar-refractivity contribution in [3.05, 3.63) is 208 Å². The van der Waals surface area contributed by atoms with Crippen LogP contribution in [0.3, 0.4) is 0 Å². The summed E-state index contributed by atoms with van der Waals surface area (Å²) in [6.07, 6.45) is 0. The molecule has 3 aliphatic carbocycles. The second-order valence-electron chi connectivity index (χ2n) is 23.1. The highest BCUT2D eigenvalue weighted by Crippen LogP contribution is 2.55. The summed E-state index contributed by atoms with van der Waals surface area (Å²) < 4.78 is 0. The predicted octanol–water partition coefficient (Wildman–Crippen LogP) is 18.0. The Bertz CT molecular complexity index is 3150. The minimum atomic E-state index is -0.194. The zero-order valence-electron chi connectivity index (χ0n) is 41.0. The molecule has 1 heteroatoms. The number of anilines is 3. The summed E-state index contributed by atoms with van der Waals surface area (Å²) in [4.78, 5) is 2.53. The normalized spacial score (nSPS) is 15.6. The van der Waals surface area contributed by atoms with Gasteiger partial charge in [0.1, 0.15) is 0 Å². The molecule has 0 aliphatic heterocycles. The highest BCUT2D eigenvalue weighted by Gasteiger charge is 2.39. The van der Waals surface area contributed by atoms with Crippen molar-refractivity contribution in [3.63, 3.8) is 0 Å². The predicted molar refractivity (Wildman–Crippen MR) is 282 cm³/mol. The average molecular weight is 858 g/mol. The number of benzene rings is 8. The summed E-state index contributed by atoms with van der Waals surface area (Å²) in [6.45, 7) is 28.5. The number of nitrogens with zero attached hydrogens (tertiary/aromatic N) is 1. The maximum absolute atomic E-state index is 2.53. The van der Waals surface area contributed by atoms with E-state index in [0.29, 0.717) is 0 Å². The number of fused-ring (bicyclic) bond motifs is 9. The third kappa shape index (κ3) is 6.26. The van der Waals surface area contributed by atoms with Crippen LogP contribution < -0.4 is 4.90 Å². The largest absolute Gasteiger partial charge is 0.310 e. The van der Waals surface area contributed by atoms with Crippen LogP contribution >= 0.6 is 0 Å². The molecule has 0 fully saturated rings. The van der Waals surface area contributed by atoms with Crippen molar-refractivity contribution in [2.24, 2.45) is 0 Å². The van der Waals surface area contributed by atoms with E-state index in [9.17, 15) is 0 Å². The van der Waals surface area contributed by atoms with Gasteiger partial charge in [0.2, 0.25) is 0 Å². The Hall–Kier alpha value is -6.44. The molecule has 8 aromatic carbocycles. The first-order valence-electron chi connectivity index (χ1n) is 24.1. The van der Waals surface area contributed by atoms with Crippen LogP contribution in [0.25, 0.3) is 55.6 Å². The summed E-state index contributed by atoms with van der Waals surface area (Å²) in [7, 11) is 0. The molecule has 0 spiro atoms. The molecule has 3 aliphatic rings. The Morgan fingerprint density at radius 3 is 1.08 bits per heavy atom. The lowest BCUT2D eigenvalue weighted by molar-refractivity contribution is 0.590. The van der Waals surface area contributed by atoms with Crippen LogP contribution in [0.15, 0.2) is 164 Å². The zero-order valence-corrected chi connectivity index (χ0v) is 41.0. The molecule has 1 nitrogen and oxygen atoms in total. The van der Waals surface area contributed by atoms with Gasteiger partial charge in [0.15, 0.2) is 0 Å². The summed E-state index contributed by atoms with van der Waals surface area (Å²) in [5.74, 6) is 0. The van der Waals surface area contributed by atoms with Gasteiger partial charge in [0, 0.05) is 33.3 Å². The summed E-state index contributed by atoms with van der Waals surface area (Å²) in [5, 5.41) is 0. The fraction of sp³-hybridized carbons (Fsp3) is 0.262. The zero-order chi connectivity index (χ0) is 46.3. The Balaban J connectivity index is 1.20. The van der Waals surface area contributed by atoms with E-state index in [4.69, 9.17) is 0 Å². The topological polar surface area (TPSA) is 3.24 Å². The van der Waals surface area contributed by atoms with E-state index in [1.165, 1.54) is 100 Å². The van der Waals surface area contributed by atoms with Crippen LogP contribution in [0.4, 0.5) is 17.1 Å². The Kier molecular flexibility index (Phi) is 9.13. The SMILES string of the molecule is CC(C)(C)c1ccc(N(c2cc(-c3ccc4c(c3)C(C)(C)c3ccccc3-4)c(C(C)(C)C)c(-c3ccc4c(c3)C(C)(C)c3ccccc3-4)c2)c2ccc3c(c2)C(C)(C)c2ccccc2-3)cc1. The molecule has 11 rings (SSSR count). The summed E-state index contributed by atoms with van der Waals surface area (Å²) in [5.41, 5.74) is 27.0. The van der Waals surface area contributed by atoms with E-state index in [1.54, 1.807) is 0 Å². The van der Waals surface area contributed by atoms with Crippen molar-refractivity contribution < 1.29 is 0 Å². The van der Waals surface area contributed by atoms with E-state index in [1.807, 2.05) is 0 Å². The Labute approximate surface area is 394 Å². The monoisotopic (exact) mass is 857 g/mol. The van der Waals surface area contributed by atoms with Crippen LogP contribution in [0.2, 0.25) is 0 Å². The first-order chi connectivity index (χ1) is 31.3. The molecule has 0 N–H and O–H groups in total. The van der Waals surface area contributed by atoms with Crippen molar-refractivity contribution in [1.82, 2.24) is 0 Å². The van der Waals surface area contributed by atoms with Gasteiger partial charge in [0.25, 0.3) is 0 Å². The van der Waals surface area contributed by atoms with Crippen molar-refractivity contribution in [2.75, 3.05) is 4.90 Å². The van der Waals surface area contributed by atoms with Gasteiger partial charge in [-0.25, -0.2) is 0 Å². The number of rotatable bonds is 5. The molecule has 0 aromatic heterocycles. The highest BCUT2D eigenvalue weighted by atomic mass is 15.1. The molecule has 8 aromatic rings. The fourth-order valence-corrected chi connectivity index (χ4v) is 12.2. The Morgan fingerprint density at radius 2 is 0.667 bits per heavy atom. The number of hydrogen-bond acceptors (Lipinski definition) is 1. The lowest BCUT2D eigenvalue weighted by atomic mass is 9.75. The molecule has 0 unspecified atom stereocenters. The maximum Gasteiger partial charge on any atom is 0.0474 e. The standard InChI is InChI=1S/C65H63N/c1-61(2,3)42-27-29-43(30-28-42)66(44-31-34-51-48-21-15-18-24-56(48)65(11,12)59(51)39-44)45-37-52(40-25-32-49-46-19-13-16-22-54(46)63(7,8)57(49)35-40)60(62(4,5)6)53(38-45)41-26-33-50-47-20-14-17-23-55(47)64(9,10)58(50)36-41/h13-39H,1-12H3. The van der Waals surface area contributed by atoms with Crippen molar-refractivity contribution in [1.29, 1.82) is 0 Å². The van der Waals surface area contributed by atoms with Crippen molar-refractivity contribution >= 4 is 17.1 Å². The Morgan fingerprint density at radius 1 is 0.303 bits per heavy atom. The molecular formula is C65H63N. The van der Waals surface area contributed by atoms with E-state index >= 15 is 0 Å². The van der Waals surface area contributed by atoms with Crippen LogP contribution in [-0.2, 0) is 27.1 Å². The molecule has 0 saturated carbocycles. The van der Waals surface area contributed by atoms with Gasteiger partial charge >= 0.3 is 0 Å². The second-order valence-corrected chi connectivity index (χ2v) is 23.1. The van der Waals surface area contributed by atoms with Crippen molar-refractivity contribution in [2.45, 2.75) is 110 Å². The molecule has 66 heavy (non-hydrogen) atoms. The smallest absolute Gasteiger partial charge is 0.0474 e. The molecule has 0 heterocycles. The molecule has 0 atom stereocenters. The maximum atomic E-state index is 2.53. The minimum Gasteiger partial charge on any atom is -0.310 e. The van der Waals surface area contributed by atoms with Gasteiger partial charge in [-0.3, -0.25) is 0 Å². The van der Waals surface area contributed by atoms with Gasteiger partial charge in [0.05, 0.1) is 0 Å². The highest BCUT2D eigenvalue weighted by molar-refractivity contribution is 5.93. The van der Waals surface area contributed by atoms with Crippen LogP contribution in [0, 0.1) is 0 Å². The molecular weight excluding hydrogens is 795 g/mol. The quantitative estimate of drug-likeness (QED) is 0.167. The van der Waals surface area contributed by atoms with E-state index in [0.717, 1.165) is 17.1 Å². The van der Waals surface area contributed by atoms with E-state index < -0.39 is 0 Å². The molecule has 0 amide bonds. The molecule has 0 bridgehead atoms. The lowest BCUT2D eigenvalue weighted by Crippen LogP contribution is -2.19. The molecule has 0 radical (unpaired) electrons. The van der Waals surface area contributed by atoms with E-state index in [2.05, 4.69) is 252 Å². The summed E-state index contributed by atoms with van der Waals surface area (Å²) in [6, 6.07) is 63.2. The molecule has 0 saturated heterocycles. The number of hydrogen-bond donors (Lipinski definition) is 0. The van der Waals surface area contributed by atoms with Gasteiger partial charge < -0.3 is 4.90 Å². The van der Waals surface area contributed by atoms with Gasteiger partial charge in [-0.1, -0.05) is 198 Å². The van der Waals surface area contributed by atoms with Crippen LogP contribution in [-0.4, -0.2) is 0 Å². The third-order valence-electron chi connectivity index (χ3n) is 15.7. The lowest BCUT2D eigenvalue weighted by Gasteiger charge is -2.33. The second kappa shape index (κ2) is 14.3. The first kappa shape index (κ1) is 42.2. The minimum absolute atomic E-state index is 0.0312.